The SMILES string of the molecule is O=c1[nH]cnc2ccc(-c3ccc(CNCC=S(=O)=O)o3)cc12. The van der Waals surface area contributed by atoms with Crippen molar-refractivity contribution in [1.82, 2.24) is 15.3 Å². The molecule has 1 aromatic carbocycles. The number of hydrogen-bond donors (Lipinski definition) is 2. The molecule has 118 valence electrons. The second kappa shape index (κ2) is 6.59. The molecule has 0 bridgehead atoms. The molecule has 0 saturated carbocycles. The van der Waals surface area contributed by atoms with Crippen molar-refractivity contribution in [3.8, 4) is 11.3 Å². The fourth-order valence-electron chi connectivity index (χ4n) is 2.17. The second-order valence-corrected chi connectivity index (χ2v) is 5.64. The number of hydrogen-bond acceptors (Lipinski definition) is 6. The number of furan rings is 1. The van der Waals surface area contributed by atoms with Gasteiger partial charge in [-0.1, -0.05) is 0 Å². The molecule has 0 aliphatic heterocycles. The van der Waals surface area contributed by atoms with Crippen molar-refractivity contribution in [3.05, 3.63) is 52.8 Å². The predicted octanol–water partition coefficient (Wildman–Crippen LogP) is 0.954. The van der Waals surface area contributed by atoms with Crippen molar-refractivity contribution < 1.29 is 12.8 Å². The molecule has 0 spiro atoms. The summed E-state index contributed by atoms with van der Waals surface area (Å²) in [5, 5.41) is 4.55. The summed E-state index contributed by atoms with van der Waals surface area (Å²) in [6.45, 7) is 0.645. The second-order valence-electron chi connectivity index (χ2n) is 4.79. The molecule has 2 heterocycles. The smallest absolute Gasteiger partial charge is 0.258 e. The topological polar surface area (TPSA) is 105 Å². The fraction of sp³-hybridized carbons (Fsp3) is 0.133. The van der Waals surface area contributed by atoms with E-state index in [2.05, 4.69) is 15.3 Å². The minimum Gasteiger partial charge on any atom is -0.460 e. The third-order valence-corrected chi connectivity index (χ3v) is 3.69. The summed E-state index contributed by atoms with van der Waals surface area (Å²) in [5.74, 6) is 1.30. The highest BCUT2D eigenvalue weighted by Gasteiger charge is 2.07. The van der Waals surface area contributed by atoms with E-state index in [-0.39, 0.29) is 12.1 Å². The summed E-state index contributed by atoms with van der Waals surface area (Å²) in [5.41, 5.74) is 1.19. The Hall–Kier alpha value is -2.71. The lowest BCUT2D eigenvalue weighted by Gasteiger charge is -2.00. The van der Waals surface area contributed by atoms with E-state index in [0.29, 0.717) is 29.0 Å². The summed E-state index contributed by atoms with van der Waals surface area (Å²) >= 11 is 0. The van der Waals surface area contributed by atoms with Crippen LogP contribution in [0.4, 0.5) is 0 Å². The molecule has 2 N–H and O–H groups in total. The summed E-state index contributed by atoms with van der Waals surface area (Å²) in [6, 6.07) is 8.93. The molecule has 0 saturated heterocycles. The molecule has 3 aromatic rings. The van der Waals surface area contributed by atoms with E-state index in [1.54, 1.807) is 24.3 Å². The van der Waals surface area contributed by atoms with E-state index in [1.165, 1.54) is 6.33 Å². The van der Waals surface area contributed by atoms with Crippen molar-refractivity contribution >= 4 is 26.6 Å². The molecule has 8 heteroatoms. The van der Waals surface area contributed by atoms with Gasteiger partial charge in [0.15, 0.2) is 0 Å². The van der Waals surface area contributed by atoms with Gasteiger partial charge in [0.2, 0.25) is 10.3 Å². The largest absolute Gasteiger partial charge is 0.460 e. The monoisotopic (exact) mass is 331 g/mol. The van der Waals surface area contributed by atoms with Gasteiger partial charge in [-0.15, -0.1) is 0 Å². The van der Waals surface area contributed by atoms with Gasteiger partial charge >= 0.3 is 0 Å². The molecule has 2 aromatic heterocycles. The average molecular weight is 331 g/mol. The van der Waals surface area contributed by atoms with E-state index >= 15 is 0 Å². The molecule has 0 fully saturated rings. The Morgan fingerprint density at radius 3 is 2.96 bits per heavy atom. The van der Waals surface area contributed by atoms with Crippen LogP contribution < -0.4 is 10.9 Å². The first-order valence-corrected chi connectivity index (χ1v) is 7.96. The molecule has 0 aliphatic carbocycles. The highest BCUT2D eigenvalue weighted by Crippen LogP contribution is 2.24. The fourth-order valence-corrected chi connectivity index (χ4v) is 2.43. The lowest BCUT2D eigenvalue weighted by atomic mass is 10.1. The Balaban J connectivity index is 1.81. The van der Waals surface area contributed by atoms with Crippen molar-refractivity contribution in [2.75, 3.05) is 6.54 Å². The van der Waals surface area contributed by atoms with Crippen LogP contribution in [-0.2, 0) is 16.8 Å². The molecule has 0 radical (unpaired) electrons. The molecule has 0 atom stereocenters. The molecule has 3 rings (SSSR count). The van der Waals surface area contributed by atoms with Crippen LogP contribution in [0.15, 0.2) is 45.9 Å². The van der Waals surface area contributed by atoms with Gasteiger partial charge in [-0.05, 0) is 30.3 Å². The van der Waals surface area contributed by atoms with Gasteiger partial charge < -0.3 is 14.7 Å². The number of nitrogens with one attached hydrogen (secondary N) is 2. The van der Waals surface area contributed by atoms with Crippen LogP contribution in [0.25, 0.3) is 22.2 Å². The van der Waals surface area contributed by atoms with E-state index < -0.39 is 10.3 Å². The van der Waals surface area contributed by atoms with Gasteiger partial charge in [-0.3, -0.25) is 4.79 Å². The number of fused-ring (bicyclic) bond motifs is 1. The minimum absolute atomic E-state index is 0.202. The minimum atomic E-state index is -2.17. The zero-order valence-corrected chi connectivity index (χ0v) is 12.8. The molecule has 0 aliphatic rings. The van der Waals surface area contributed by atoms with Crippen LogP contribution in [0.3, 0.4) is 0 Å². The van der Waals surface area contributed by atoms with Crippen LogP contribution >= 0.6 is 0 Å². The van der Waals surface area contributed by atoms with Crippen LogP contribution in [0.1, 0.15) is 5.76 Å². The number of benzene rings is 1. The van der Waals surface area contributed by atoms with E-state index in [4.69, 9.17) is 4.42 Å². The highest BCUT2D eigenvalue weighted by atomic mass is 32.2. The Morgan fingerprint density at radius 2 is 2.13 bits per heavy atom. The zero-order chi connectivity index (χ0) is 16.2. The number of aromatic amines is 1. The number of aromatic nitrogens is 2. The molecular formula is C15H13N3O4S. The van der Waals surface area contributed by atoms with E-state index in [1.807, 2.05) is 6.07 Å². The number of H-pyrrole nitrogens is 1. The van der Waals surface area contributed by atoms with Gasteiger partial charge in [0.25, 0.3) is 5.56 Å². The van der Waals surface area contributed by atoms with Crippen molar-refractivity contribution in [3.63, 3.8) is 0 Å². The normalized spacial score (nSPS) is 10.8. The summed E-state index contributed by atoms with van der Waals surface area (Å²) in [7, 11) is -2.17. The van der Waals surface area contributed by atoms with Crippen LogP contribution in [0.2, 0.25) is 0 Å². The first-order valence-electron chi connectivity index (χ1n) is 6.82. The van der Waals surface area contributed by atoms with Crippen molar-refractivity contribution in [2.45, 2.75) is 6.54 Å². The maximum Gasteiger partial charge on any atom is 0.258 e. The molecule has 23 heavy (non-hydrogen) atoms. The Labute approximate surface area is 132 Å². The molecule has 7 nitrogen and oxygen atoms in total. The van der Waals surface area contributed by atoms with Gasteiger partial charge in [-0.2, -0.15) is 8.42 Å². The van der Waals surface area contributed by atoms with Crippen molar-refractivity contribution in [1.29, 1.82) is 0 Å². The van der Waals surface area contributed by atoms with E-state index in [9.17, 15) is 13.2 Å². The lowest BCUT2D eigenvalue weighted by molar-refractivity contribution is 0.504. The summed E-state index contributed by atoms with van der Waals surface area (Å²) < 4.78 is 26.5. The first kappa shape index (κ1) is 15.2. The van der Waals surface area contributed by atoms with Crippen molar-refractivity contribution in [2.24, 2.45) is 0 Å². The first-order chi connectivity index (χ1) is 11.1. The maximum atomic E-state index is 11.8. The molecular weight excluding hydrogens is 318 g/mol. The standard InChI is InChI=1S/C15H13N3O4S/c19-15-12-7-10(1-3-13(12)17-9-18-15)14-4-2-11(22-14)8-16-5-6-23(20)21/h1-4,6-7,9,16H,5,8H2,(H,17,18,19). The van der Waals surface area contributed by atoms with Crippen LogP contribution in [-0.4, -0.2) is 30.3 Å². The van der Waals surface area contributed by atoms with Gasteiger partial charge in [0, 0.05) is 17.5 Å². The Morgan fingerprint density at radius 1 is 1.26 bits per heavy atom. The van der Waals surface area contributed by atoms with Gasteiger partial charge in [0.1, 0.15) is 11.5 Å². The zero-order valence-electron chi connectivity index (χ0n) is 11.9. The third kappa shape index (κ3) is 3.55. The predicted molar refractivity (Wildman–Crippen MR) is 86.8 cm³/mol. The highest BCUT2D eigenvalue weighted by molar-refractivity contribution is 7.71. The van der Waals surface area contributed by atoms with E-state index in [0.717, 1.165) is 10.9 Å². The summed E-state index contributed by atoms with van der Waals surface area (Å²) in [4.78, 5) is 18.4. The lowest BCUT2D eigenvalue weighted by Crippen LogP contribution is -2.15. The number of rotatable bonds is 5. The molecule has 0 amide bonds. The quantitative estimate of drug-likeness (QED) is 0.533. The van der Waals surface area contributed by atoms with Crippen LogP contribution in [0, 0.1) is 0 Å². The maximum absolute atomic E-state index is 11.8. The number of nitrogens with zero attached hydrogens (tertiary/aromatic N) is 1. The third-order valence-electron chi connectivity index (χ3n) is 3.25. The summed E-state index contributed by atoms with van der Waals surface area (Å²) in [6.07, 6.45) is 1.37. The Kier molecular flexibility index (Phi) is 4.35. The van der Waals surface area contributed by atoms with Crippen LogP contribution in [0.5, 0.6) is 0 Å². The average Bonchev–Trinajstić information content (AvgIpc) is 3.00. The van der Waals surface area contributed by atoms with Gasteiger partial charge in [-0.25, -0.2) is 4.98 Å². The Bertz CT molecular complexity index is 1030. The molecule has 0 unspecified atom stereocenters. The van der Waals surface area contributed by atoms with Gasteiger partial charge in [0.05, 0.1) is 23.8 Å².